The van der Waals surface area contributed by atoms with Crippen LogP contribution in [0.25, 0.3) is 0 Å². The largest absolute Gasteiger partial charge is 0.748 e. The van der Waals surface area contributed by atoms with Crippen molar-refractivity contribution < 1.29 is 17.5 Å². The molecule has 1 fully saturated rings. The predicted octanol–water partition coefficient (Wildman–Crippen LogP) is 2.21. The van der Waals surface area contributed by atoms with Gasteiger partial charge >= 0.3 is 0 Å². The lowest BCUT2D eigenvalue weighted by Gasteiger charge is -2.35. The van der Waals surface area contributed by atoms with E-state index in [2.05, 4.69) is 20.8 Å². The summed E-state index contributed by atoms with van der Waals surface area (Å²) in [6.45, 7) is 11.0. The smallest absolute Gasteiger partial charge is 0.0948 e. The Morgan fingerprint density at radius 3 is 1.95 bits per heavy atom. The van der Waals surface area contributed by atoms with E-state index in [0.717, 1.165) is 35.8 Å². The minimum absolute atomic E-state index is 0.204. The molecular formula is C14H29NO3S. The Kier molecular flexibility index (Phi) is 6.27. The molecule has 0 aromatic rings. The van der Waals surface area contributed by atoms with Crippen molar-refractivity contribution in [1.29, 1.82) is 0 Å². The van der Waals surface area contributed by atoms with Crippen LogP contribution in [-0.2, 0) is 10.1 Å². The number of nitrogens with zero attached hydrogens (tertiary/aromatic N) is 1. The highest BCUT2D eigenvalue weighted by atomic mass is 32.2. The quantitative estimate of drug-likeness (QED) is 0.509. The van der Waals surface area contributed by atoms with Gasteiger partial charge in [0.05, 0.1) is 36.3 Å². The molecule has 0 saturated carbocycles. The molecule has 1 aliphatic rings. The minimum Gasteiger partial charge on any atom is -0.748 e. The van der Waals surface area contributed by atoms with E-state index in [4.69, 9.17) is 0 Å². The summed E-state index contributed by atoms with van der Waals surface area (Å²) in [5.41, 5.74) is 0. The van der Waals surface area contributed by atoms with Gasteiger partial charge in [0.25, 0.3) is 0 Å². The molecule has 19 heavy (non-hydrogen) atoms. The van der Waals surface area contributed by atoms with Crippen molar-refractivity contribution in [3.63, 3.8) is 0 Å². The van der Waals surface area contributed by atoms with Crippen LogP contribution >= 0.6 is 0 Å². The number of hydrogen-bond donors (Lipinski definition) is 0. The molecule has 0 aromatic carbocycles. The van der Waals surface area contributed by atoms with Crippen LogP contribution in [0.3, 0.4) is 0 Å². The second-order valence-corrected chi connectivity index (χ2v) is 7.63. The normalized spacial score (nSPS) is 31.8. The fourth-order valence-corrected chi connectivity index (χ4v) is 4.30. The first-order chi connectivity index (χ1) is 8.86. The Bertz CT molecular complexity index is 355. The van der Waals surface area contributed by atoms with Crippen LogP contribution < -0.4 is 0 Å². The minimum atomic E-state index is -4.06. The van der Waals surface area contributed by atoms with E-state index in [1.807, 2.05) is 0 Å². The molecule has 0 spiro atoms. The van der Waals surface area contributed by atoms with E-state index in [1.54, 1.807) is 0 Å². The van der Waals surface area contributed by atoms with E-state index in [0.29, 0.717) is 6.42 Å². The molecule has 0 N–H and O–H groups in total. The van der Waals surface area contributed by atoms with Gasteiger partial charge < -0.3 is 9.04 Å². The molecule has 0 radical (unpaired) electrons. The van der Waals surface area contributed by atoms with Crippen LogP contribution in [0.15, 0.2) is 0 Å². The Hall–Kier alpha value is -0.130. The highest BCUT2D eigenvalue weighted by Gasteiger charge is 2.42. The Labute approximate surface area is 118 Å². The number of hydrogen-bond acceptors (Lipinski definition) is 3. The molecule has 5 heteroatoms. The molecular weight excluding hydrogens is 262 g/mol. The Morgan fingerprint density at radius 1 is 1.05 bits per heavy atom. The molecule has 1 aliphatic heterocycles. The van der Waals surface area contributed by atoms with Crippen molar-refractivity contribution in [2.45, 2.75) is 46.5 Å². The highest BCUT2D eigenvalue weighted by Crippen LogP contribution is 2.34. The third kappa shape index (κ3) is 5.04. The lowest BCUT2D eigenvalue weighted by molar-refractivity contribution is -0.919. The first-order valence-corrected chi connectivity index (χ1v) is 9.22. The first-order valence-electron chi connectivity index (χ1n) is 7.64. The van der Waals surface area contributed by atoms with Crippen molar-refractivity contribution in [3.05, 3.63) is 0 Å². The molecule has 2 unspecified atom stereocenters. The summed E-state index contributed by atoms with van der Waals surface area (Å²) in [5.74, 6) is 1.32. The predicted molar refractivity (Wildman–Crippen MR) is 76.8 cm³/mol. The zero-order valence-electron chi connectivity index (χ0n) is 12.6. The number of quaternary nitrogens is 1. The van der Waals surface area contributed by atoms with Crippen molar-refractivity contribution in [3.8, 4) is 0 Å². The van der Waals surface area contributed by atoms with Gasteiger partial charge in [0.2, 0.25) is 0 Å². The van der Waals surface area contributed by atoms with Crippen molar-refractivity contribution in [1.82, 2.24) is 0 Å². The van der Waals surface area contributed by atoms with Crippen molar-refractivity contribution >= 4 is 10.1 Å². The maximum absolute atomic E-state index is 10.7. The summed E-state index contributed by atoms with van der Waals surface area (Å²) in [6, 6.07) is 0. The maximum atomic E-state index is 10.7. The molecule has 0 aliphatic carbocycles. The second-order valence-electron chi connectivity index (χ2n) is 6.11. The Morgan fingerprint density at radius 2 is 1.58 bits per heavy atom. The van der Waals surface area contributed by atoms with Crippen molar-refractivity contribution in [2.75, 3.05) is 31.9 Å². The second kappa shape index (κ2) is 7.04. The van der Waals surface area contributed by atoms with Gasteiger partial charge in [-0.1, -0.05) is 20.8 Å². The third-order valence-electron chi connectivity index (χ3n) is 4.68. The zero-order valence-corrected chi connectivity index (χ0v) is 13.4. The lowest BCUT2D eigenvalue weighted by Crippen LogP contribution is -2.48. The molecule has 1 heterocycles. The van der Waals surface area contributed by atoms with E-state index in [-0.39, 0.29) is 5.75 Å². The van der Waals surface area contributed by atoms with Crippen molar-refractivity contribution in [2.24, 2.45) is 11.8 Å². The molecule has 2 atom stereocenters. The fourth-order valence-electron chi connectivity index (χ4n) is 3.82. The average molecular weight is 291 g/mol. The summed E-state index contributed by atoms with van der Waals surface area (Å²) in [5, 5.41) is 0. The fraction of sp³-hybridized carbons (Fsp3) is 1.00. The molecule has 0 aromatic heterocycles. The molecule has 1 rings (SSSR count). The van der Waals surface area contributed by atoms with Gasteiger partial charge in [-0.05, 0) is 19.3 Å². The maximum Gasteiger partial charge on any atom is 0.0948 e. The van der Waals surface area contributed by atoms with Gasteiger partial charge in [-0.15, -0.1) is 0 Å². The van der Waals surface area contributed by atoms with E-state index < -0.39 is 10.1 Å². The van der Waals surface area contributed by atoms with Crippen LogP contribution in [0.4, 0.5) is 0 Å². The van der Waals surface area contributed by atoms with E-state index in [1.165, 1.54) is 25.9 Å². The SMILES string of the molecule is CCC[N+]1(CCCS(=O)(=O)[O-])CC(CC)C(CC)C1. The molecule has 114 valence electrons. The van der Waals surface area contributed by atoms with Gasteiger partial charge in [-0.2, -0.15) is 0 Å². The summed E-state index contributed by atoms with van der Waals surface area (Å²) < 4.78 is 33.3. The lowest BCUT2D eigenvalue weighted by atomic mass is 9.92. The van der Waals surface area contributed by atoms with Crippen LogP contribution in [0, 0.1) is 11.8 Å². The Balaban J connectivity index is 2.65. The third-order valence-corrected chi connectivity index (χ3v) is 5.47. The molecule has 0 amide bonds. The van der Waals surface area contributed by atoms with Crippen LogP contribution in [0.2, 0.25) is 0 Å². The summed E-state index contributed by atoms with van der Waals surface area (Å²) >= 11 is 0. The van der Waals surface area contributed by atoms with Gasteiger partial charge in [0, 0.05) is 24.0 Å². The zero-order chi connectivity index (χ0) is 14.5. The number of likely N-dealkylation sites (tertiary alicyclic amines) is 1. The molecule has 4 nitrogen and oxygen atoms in total. The summed E-state index contributed by atoms with van der Waals surface area (Å²) in [4.78, 5) is 0. The van der Waals surface area contributed by atoms with Crippen LogP contribution in [0.5, 0.6) is 0 Å². The standard InChI is InChI=1S/C14H29NO3S/c1-4-8-15(9-7-10-19(16,17)18)11-13(5-2)14(6-3)12-15/h13-14H,4-12H2,1-3H3. The monoisotopic (exact) mass is 291 g/mol. The molecule has 1 saturated heterocycles. The van der Waals surface area contributed by atoms with Gasteiger partial charge in [-0.25, -0.2) is 8.42 Å². The summed E-state index contributed by atoms with van der Waals surface area (Å²) in [7, 11) is -4.06. The number of rotatable bonds is 8. The first kappa shape index (κ1) is 16.9. The van der Waals surface area contributed by atoms with Crippen LogP contribution in [0.1, 0.15) is 46.5 Å². The average Bonchev–Trinajstić information content (AvgIpc) is 2.66. The van der Waals surface area contributed by atoms with Gasteiger partial charge in [0.1, 0.15) is 0 Å². The highest BCUT2D eigenvalue weighted by molar-refractivity contribution is 7.85. The summed E-state index contributed by atoms with van der Waals surface area (Å²) in [6.07, 6.45) is 4.06. The van der Waals surface area contributed by atoms with Gasteiger partial charge in [0.15, 0.2) is 0 Å². The topological polar surface area (TPSA) is 57.2 Å². The van der Waals surface area contributed by atoms with Crippen LogP contribution in [-0.4, -0.2) is 49.4 Å². The van der Waals surface area contributed by atoms with E-state index in [9.17, 15) is 13.0 Å². The van der Waals surface area contributed by atoms with Gasteiger partial charge in [-0.3, -0.25) is 0 Å². The van der Waals surface area contributed by atoms with E-state index >= 15 is 0 Å². The molecule has 0 bridgehead atoms.